The molecule has 1 atom stereocenters. The van der Waals surface area contributed by atoms with Gasteiger partial charge in [0.05, 0.1) is 3.79 Å². The molecule has 1 unspecified atom stereocenters. The molecule has 0 fully saturated rings. The third-order valence-corrected chi connectivity index (χ3v) is 5.23. The number of halogens is 1. The Balaban J connectivity index is 1.98. The van der Waals surface area contributed by atoms with E-state index in [4.69, 9.17) is 0 Å². The number of rotatable bonds is 4. The van der Waals surface area contributed by atoms with Crippen LogP contribution in [0.25, 0.3) is 10.8 Å². The predicted molar refractivity (Wildman–Crippen MR) is 91.5 cm³/mol. The first-order valence-corrected chi connectivity index (χ1v) is 8.28. The summed E-state index contributed by atoms with van der Waals surface area (Å²) in [6.45, 7) is 0. The molecular formula is C17H16BrNS. The second-order valence-electron chi connectivity index (χ2n) is 4.82. The fourth-order valence-electron chi connectivity index (χ4n) is 2.58. The lowest BCUT2D eigenvalue weighted by molar-refractivity contribution is 0.601. The average Bonchev–Trinajstić information content (AvgIpc) is 2.89. The molecule has 102 valence electrons. The van der Waals surface area contributed by atoms with Crippen molar-refractivity contribution < 1.29 is 0 Å². The van der Waals surface area contributed by atoms with Gasteiger partial charge in [0.15, 0.2) is 0 Å². The van der Waals surface area contributed by atoms with Gasteiger partial charge in [-0.15, -0.1) is 11.3 Å². The van der Waals surface area contributed by atoms with Gasteiger partial charge in [-0.1, -0.05) is 42.5 Å². The summed E-state index contributed by atoms with van der Waals surface area (Å²) < 4.78 is 1.19. The minimum absolute atomic E-state index is 0.339. The lowest BCUT2D eigenvalue weighted by Gasteiger charge is -2.18. The zero-order valence-corrected chi connectivity index (χ0v) is 13.7. The zero-order valence-electron chi connectivity index (χ0n) is 11.3. The molecule has 1 heterocycles. The van der Waals surface area contributed by atoms with Crippen molar-refractivity contribution in [2.24, 2.45) is 0 Å². The molecule has 1 nitrogen and oxygen atoms in total. The van der Waals surface area contributed by atoms with Crippen molar-refractivity contribution in [3.63, 3.8) is 0 Å². The monoisotopic (exact) mass is 345 g/mol. The van der Waals surface area contributed by atoms with Crippen molar-refractivity contribution in [3.8, 4) is 0 Å². The molecule has 0 bridgehead atoms. The maximum atomic E-state index is 3.54. The summed E-state index contributed by atoms with van der Waals surface area (Å²) in [6, 6.07) is 19.8. The van der Waals surface area contributed by atoms with Gasteiger partial charge in [0.25, 0.3) is 0 Å². The Kier molecular flexibility index (Phi) is 4.20. The molecule has 0 radical (unpaired) electrons. The fourth-order valence-corrected chi connectivity index (χ4v) is 4.11. The SMILES string of the molecule is CNC(Cc1ccc(Br)s1)c1cccc2ccccc12. The number of benzene rings is 2. The van der Waals surface area contributed by atoms with E-state index in [9.17, 15) is 0 Å². The molecule has 3 heteroatoms. The van der Waals surface area contributed by atoms with Gasteiger partial charge in [-0.25, -0.2) is 0 Å². The van der Waals surface area contributed by atoms with Crippen LogP contribution < -0.4 is 5.32 Å². The summed E-state index contributed by atoms with van der Waals surface area (Å²) in [7, 11) is 2.04. The third kappa shape index (κ3) is 2.80. The molecule has 0 saturated carbocycles. The van der Waals surface area contributed by atoms with Gasteiger partial charge in [0, 0.05) is 17.3 Å². The van der Waals surface area contributed by atoms with Crippen LogP contribution in [-0.2, 0) is 6.42 Å². The van der Waals surface area contributed by atoms with E-state index in [0.717, 1.165) is 6.42 Å². The Bertz CT molecular complexity index is 714. The van der Waals surface area contributed by atoms with Crippen molar-refractivity contribution in [3.05, 3.63) is 68.8 Å². The fraction of sp³-hybridized carbons (Fsp3) is 0.176. The van der Waals surface area contributed by atoms with Crippen molar-refractivity contribution in [2.45, 2.75) is 12.5 Å². The van der Waals surface area contributed by atoms with Crippen LogP contribution in [0.3, 0.4) is 0 Å². The van der Waals surface area contributed by atoms with E-state index in [0.29, 0.717) is 6.04 Å². The van der Waals surface area contributed by atoms with Gasteiger partial charge >= 0.3 is 0 Å². The highest BCUT2D eigenvalue weighted by atomic mass is 79.9. The lowest BCUT2D eigenvalue weighted by Crippen LogP contribution is -2.18. The van der Waals surface area contributed by atoms with E-state index in [1.807, 2.05) is 18.4 Å². The van der Waals surface area contributed by atoms with Crippen molar-refractivity contribution in [1.82, 2.24) is 5.32 Å². The second-order valence-corrected chi connectivity index (χ2v) is 7.37. The molecule has 0 amide bonds. The van der Waals surface area contributed by atoms with E-state index in [-0.39, 0.29) is 0 Å². The van der Waals surface area contributed by atoms with Gasteiger partial charge in [0.1, 0.15) is 0 Å². The molecule has 2 aromatic carbocycles. The number of thiophene rings is 1. The molecule has 3 rings (SSSR count). The summed E-state index contributed by atoms with van der Waals surface area (Å²) in [5.74, 6) is 0. The van der Waals surface area contributed by atoms with Crippen LogP contribution in [-0.4, -0.2) is 7.05 Å². The highest BCUT2D eigenvalue weighted by Gasteiger charge is 2.14. The highest BCUT2D eigenvalue weighted by Crippen LogP contribution is 2.30. The van der Waals surface area contributed by atoms with E-state index in [1.54, 1.807) is 0 Å². The highest BCUT2D eigenvalue weighted by molar-refractivity contribution is 9.11. The minimum atomic E-state index is 0.339. The summed E-state index contributed by atoms with van der Waals surface area (Å²) in [6.07, 6.45) is 1.01. The Morgan fingerprint density at radius 3 is 2.60 bits per heavy atom. The molecule has 0 aliphatic carbocycles. The second kappa shape index (κ2) is 6.08. The summed E-state index contributed by atoms with van der Waals surface area (Å²) in [4.78, 5) is 1.39. The largest absolute Gasteiger partial charge is 0.313 e. The predicted octanol–water partition coefficient (Wildman–Crippen LogP) is 5.17. The van der Waals surface area contributed by atoms with Gasteiger partial charge in [0.2, 0.25) is 0 Å². The van der Waals surface area contributed by atoms with Crippen LogP contribution >= 0.6 is 27.3 Å². The third-order valence-electron chi connectivity index (χ3n) is 3.58. The maximum absolute atomic E-state index is 3.54. The molecule has 20 heavy (non-hydrogen) atoms. The van der Waals surface area contributed by atoms with Crippen LogP contribution in [0.2, 0.25) is 0 Å². The van der Waals surface area contributed by atoms with Crippen molar-refractivity contribution in [2.75, 3.05) is 7.05 Å². The van der Waals surface area contributed by atoms with Crippen LogP contribution in [0.1, 0.15) is 16.5 Å². The van der Waals surface area contributed by atoms with Crippen molar-refractivity contribution in [1.29, 1.82) is 0 Å². The summed E-state index contributed by atoms with van der Waals surface area (Å²) >= 11 is 5.35. The van der Waals surface area contributed by atoms with Crippen LogP contribution in [0, 0.1) is 0 Å². The topological polar surface area (TPSA) is 12.0 Å². The number of likely N-dealkylation sites (N-methyl/N-ethyl adjacent to an activating group) is 1. The lowest BCUT2D eigenvalue weighted by atomic mass is 9.96. The van der Waals surface area contributed by atoms with Gasteiger partial charge in [-0.2, -0.15) is 0 Å². The molecule has 0 aliphatic heterocycles. The number of fused-ring (bicyclic) bond motifs is 1. The van der Waals surface area contributed by atoms with Crippen molar-refractivity contribution >= 4 is 38.0 Å². The molecule has 1 aromatic heterocycles. The molecule has 1 N–H and O–H groups in total. The Hall–Kier alpha value is -1.16. The van der Waals surface area contributed by atoms with Crippen LogP contribution in [0.5, 0.6) is 0 Å². The summed E-state index contributed by atoms with van der Waals surface area (Å²) in [5, 5.41) is 6.10. The average molecular weight is 346 g/mol. The molecule has 0 saturated heterocycles. The molecule has 3 aromatic rings. The molecule has 0 aliphatic rings. The van der Waals surface area contributed by atoms with Gasteiger partial charge in [-0.05, 0) is 51.4 Å². The molecule has 0 spiro atoms. The summed E-state index contributed by atoms with van der Waals surface area (Å²) in [5.41, 5.74) is 1.37. The zero-order chi connectivity index (χ0) is 13.9. The Morgan fingerprint density at radius 2 is 1.85 bits per heavy atom. The van der Waals surface area contributed by atoms with E-state index in [2.05, 4.69) is 75.8 Å². The number of hydrogen-bond donors (Lipinski definition) is 1. The first kappa shape index (κ1) is 13.8. The quantitative estimate of drug-likeness (QED) is 0.687. The van der Waals surface area contributed by atoms with Crippen LogP contribution in [0.4, 0.5) is 0 Å². The minimum Gasteiger partial charge on any atom is -0.313 e. The van der Waals surface area contributed by atoms with E-state index in [1.165, 1.54) is 25.0 Å². The first-order chi connectivity index (χ1) is 9.78. The van der Waals surface area contributed by atoms with Gasteiger partial charge < -0.3 is 5.32 Å². The van der Waals surface area contributed by atoms with E-state index >= 15 is 0 Å². The number of hydrogen-bond acceptors (Lipinski definition) is 2. The van der Waals surface area contributed by atoms with Crippen LogP contribution in [0.15, 0.2) is 58.4 Å². The maximum Gasteiger partial charge on any atom is 0.0701 e. The first-order valence-electron chi connectivity index (χ1n) is 6.67. The Labute approximate surface area is 131 Å². The smallest absolute Gasteiger partial charge is 0.0701 e. The molecular weight excluding hydrogens is 330 g/mol. The van der Waals surface area contributed by atoms with E-state index < -0.39 is 0 Å². The van der Waals surface area contributed by atoms with Gasteiger partial charge in [-0.3, -0.25) is 0 Å². The Morgan fingerprint density at radius 1 is 1.05 bits per heavy atom. The standard InChI is InChI=1S/C17H16BrNS/c1-19-16(11-13-9-10-17(18)20-13)15-8-4-6-12-5-2-3-7-14(12)15/h2-10,16,19H,11H2,1H3. The normalized spacial score (nSPS) is 12.7. The number of nitrogens with one attached hydrogen (secondary N) is 1.